The van der Waals surface area contributed by atoms with Crippen LogP contribution < -0.4 is 25.8 Å². The maximum atomic E-state index is 4.66. The van der Waals surface area contributed by atoms with Crippen LogP contribution in [0.4, 0.5) is 17.8 Å². The molecule has 0 aromatic carbocycles. The molecule has 2 fully saturated rings. The first kappa shape index (κ1) is 13.3. The molecule has 3 rings (SSSR count). The number of rotatable bonds is 3. The fourth-order valence-corrected chi connectivity index (χ4v) is 2.48. The molecule has 2 saturated heterocycles. The third kappa shape index (κ3) is 2.91. The van der Waals surface area contributed by atoms with Gasteiger partial charge in [-0.1, -0.05) is 0 Å². The van der Waals surface area contributed by atoms with Gasteiger partial charge in [0.25, 0.3) is 0 Å². The molecule has 0 atom stereocenters. The van der Waals surface area contributed by atoms with Gasteiger partial charge in [0, 0.05) is 59.4 Å². The molecular formula is C12H22N8. The lowest BCUT2D eigenvalue weighted by atomic mass is 10.4. The van der Waals surface area contributed by atoms with Crippen molar-refractivity contribution >= 4 is 17.8 Å². The van der Waals surface area contributed by atoms with Crippen molar-refractivity contribution in [3.63, 3.8) is 0 Å². The van der Waals surface area contributed by atoms with Crippen LogP contribution in [0.25, 0.3) is 0 Å². The predicted molar refractivity (Wildman–Crippen MR) is 79.5 cm³/mol. The van der Waals surface area contributed by atoms with Gasteiger partial charge >= 0.3 is 0 Å². The normalized spacial score (nSPS) is 20.1. The van der Waals surface area contributed by atoms with Crippen LogP contribution in [-0.4, -0.2) is 74.4 Å². The standard InChI is InChI=1S/C12H22N8/c1-13-10-16-11(19-6-2-14-3-7-19)18-12(17-10)20-8-4-15-5-9-20/h14-15H,2-9H2,1H3,(H,13,16,17,18). The lowest BCUT2D eigenvalue weighted by Gasteiger charge is -2.30. The first-order chi connectivity index (χ1) is 9.86. The zero-order valence-electron chi connectivity index (χ0n) is 11.9. The third-order valence-corrected chi connectivity index (χ3v) is 3.64. The zero-order chi connectivity index (χ0) is 13.8. The molecule has 0 bridgehead atoms. The van der Waals surface area contributed by atoms with Crippen molar-refractivity contribution in [2.75, 3.05) is 74.5 Å². The van der Waals surface area contributed by atoms with Gasteiger partial charge in [0.2, 0.25) is 17.8 Å². The largest absolute Gasteiger partial charge is 0.357 e. The molecule has 3 heterocycles. The molecule has 1 aromatic heterocycles. The van der Waals surface area contributed by atoms with Crippen molar-refractivity contribution in [3.05, 3.63) is 0 Å². The average Bonchev–Trinajstić information content (AvgIpc) is 2.56. The monoisotopic (exact) mass is 278 g/mol. The van der Waals surface area contributed by atoms with Crippen molar-refractivity contribution in [2.24, 2.45) is 0 Å². The van der Waals surface area contributed by atoms with Crippen LogP contribution in [0.5, 0.6) is 0 Å². The van der Waals surface area contributed by atoms with Crippen molar-refractivity contribution in [3.8, 4) is 0 Å². The molecule has 1 aromatic rings. The number of nitrogens with one attached hydrogen (secondary N) is 3. The minimum Gasteiger partial charge on any atom is -0.357 e. The van der Waals surface area contributed by atoms with Crippen LogP contribution in [0.3, 0.4) is 0 Å². The van der Waals surface area contributed by atoms with Crippen molar-refractivity contribution in [2.45, 2.75) is 0 Å². The second-order valence-corrected chi connectivity index (χ2v) is 4.98. The highest BCUT2D eigenvalue weighted by Crippen LogP contribution is 2.17. The fraction of sp³-hybridized carbons (Fsp3) is 0.750. The lowest BCUT2D eigenvalue weighted by molar-refractivity contribution is 0.568. The van der Waals surface area contributed by atoms with E-state index in [2.05, 4.69) is 40.7 Å². The van der Waals surface area contributed by atoms with Crippen molar-refractivity contribution < 1.29 is 0 Å². The average molecular weight is 278 g/mol. The van der Waals surface area contributed by atoms with Gasteiger partial charge in [0.1, 0.15) is 0 Å². The zero-order valence-corrected chi connectivity index (χ0v) is 11.9. The van der Waals surface area contributed by atoms with E-state index < -0.39 is 0 Å². The van der Waals surface area contributed by atoms with Crippen LogP contribution in [0, 0.1) is 0 Å². The quantitative estimate of drug-likeness (QED) is 0.632. The molecule has 3 N–H and O–H groups in total. The molecule has 0 unspecified atom stereocenters. The highest BCUT2D eigenvalue weighted by atomic mass is 15.4. The van der Waals surface area contributed by atoms with Gasteiger partial charge in [-0.15, -0.1) is 0 Å². The van der Waals surface area contributed by atoms with Gasteiger partial charge < -0.3 is 25.8 Å². The molecule has 2 aliphatic rings. The van der Waals surface area contributed by atoms with Gasteiger partial charge in [-0.05, 0) is 0 Å². The van der Waals surface area contributed by atoms with E-state index in [1.807, 2.05) is 7.05 Å². The summed E-state index contributed by atoms with van der Waals surface area (Å²) in [5.41, 5.74) is 0. The number of hydrogen-bond donors (Lipinski definition) is 3. The second-order valence-electron chi connectivity index (χ2n) is 4.98. The number of hydrogen-bond acceptors (Lipinski definition) is 8. The Labute approximate surface area is 119 Å². The Kier molecular flexibility index (Phi) is 4.12. The summed E-state index contributed by atoms with van der Waals surface area (Å²) in [7, 11) is 1.85. The Balaban J connectivity index is 1.85. The Morgan fingerprint density at radius 1 is 0.800 bits per heavy atom. The van der Waals surface area contributed by atoms with E-state index in [0.717, 1.165) is 64.3 Å². The molecule has 0 spiro atoms. The summed E-state index contributed by atoms with van der Waals surface area (Å²) in [4.78, 5) is 18.1. The summed E-state index contributed by atoms with van der Waals surface area (Å²) in [5.74, 6) is 2.20. The molecule has 0 amide bonds. The molecule has 110 valence electrons. The van der Waals surface area contributed by atoms with Crippen LogP contribution in [0.2, 0.25) is 0 Å². The Morgan fingerprint density at radius 2 is 1.25 bits per heavy atom. The predicted octanol–water partition coefficient (Wildman–Crippen LogP) is -1.27. The highest BCUT2D eigenvalue weighted by molar-refractivity contribution is 5.45. The molecular weight excluding hydrogens is 256 g/mol. The Hall–Kier alpha value is -1.67. The van der Waals surface area contributed by atoms with E-state index in [1.165, 1.54) is 0 Å². The van der Waals surface area contributed by atoms with Gasteiger partial charge in [-0.3, -0.25) is 0 Å². The molecule has 0 saturated carbocycles. The van der Waals surface area contributed by atoms with Crippen LogP contribution in [-0.2, 0) is 0 Å². The molecule has 20 heavy (non-hydrogen) atoms. The van der Waals surface area contributed by atoms with Gasteiger partial charge in [-0.25, -0.2) is 0 Å². The molecule has 2 aliphatic heterocycles. The molecule has 0 radical (unpaired) electrons. The maximum absolute atomic E-state index is 4.66. The van der Waals surface area contributed by atoms with Crippen LogP contribution in [0.1, 0.15) is 0 Å². The lowest BCUT2D eigenvalue weighted by Crippen LogP contribution is -2.46. The van der Waals surface area contributed by atoms with Gasteiger partial charge in [-0.2, -0.15) is 15.0 Å². The van der Waals surface area contributed by atoms with E-state index in [0.29, 0.717) is 5.95 Å². The second kappa shape index (κ2) is 6.19. The first-order valence-electron chi connectivity index (χ1n) is 7.22. The van der Waals surface area contributed by atoms with E-state index in [9.17, 15) is 0 Å². The number of anilines is 3. The molecule has 0 aliphatic carbocycles. The minimum absolute atomic E-state index is 0.641. The highest BCUT2D eigenvalue weighted by Gasteiger charge is 2.19. The topological polar surface area (TPSA) is 81.2 Å². The van der Waals surface area contributed by atoms with Gasteiger partial charge in [0.05, 0.1) is 0 Å². The summed E-state index contributed by atoms with van der Waals surface area (Å²) in [6.07, 6.45) is 0. The summed E-state index contributed by atoms with van der Waals surface area (Å²) in [5, 5.41) is 9.73. The Bertz CT molecular complexity index is 403. The summed E-state index contributed by atoms with van der Waals surface area (Å²) >= 11 is 0. The Morgan fingerprint density at radius 3 is 1.65 bits per heavy atom. The first-order valence-corrected chi connectivity index (χ1v) is 7.22. The van der Waals surface area contributed by atoms with E-state index in [1.54, 1.807) is 0 Å². The fourth-order valence-electron chi connectivity index (χ4n) is 2.48. The van der Waals surface area contributed by atoms with E-state index in [4.69, 9.17) is 0 Å². The van der Waals surface area contributed by atoms with Crippen LogP contribution in [0.15, 0.2) is 0 Å². The molecule has 8 nitrogen and oxygen atoms in total. The number of nitrogens with zero attached hydrogens (tertiary/aromatic N) is 5. The SMILES string of the molecule is CNc1nc(N2CCNCC2)nc(N2CCNCC2)n1. The third-order valence-electron chi connectivity index (χ3n) is 3.64. The number of aromatic nitrogens is 3. The van der Waals surface area contributed by atoms with E-state index >= 15 is 0 Å². The van der Waals surface area contributed by atoms with Gasteiger partial charge in [0.15, 0.2) is 0 Å². The summed E-state index contributed by atoms with van der Waals surface area (Å²) in [6, 6.07) is 0. The molecule has 8 heteroatoms. The van der Waals surface area contributed by atoms with Crippen molar-refractivity contribution in [1.82, 2.24) is 25.6 Å². The van der Waals surface area contributed by atoms with Crippen LogP contribution >= 0.6 is 0 Å². The summed E-state index contributed by atoms with van der Waals surface area (Å²) < 4.78 is 0. The smallest absolute Gasteiger partial charge is 0.232 e. The maximum Gasteiger partial charge on any atom is 0.232 e. The number of piperazine rings is 2. The van der Waals surface area contributed by atoms with Crippen molar-refractivity contribution in [1.29, 1.82) is 0 Å². The van der Waals surface area contributed by atoms with E-state index in [-0.39, 0.29) is 0 Å². The minimum atomic E-state index is 0.641. The summed E-state index contributed by atoms with van der Waals surface area (Å²) in [6.45, 7) is 7.66.